The van der Waals surface area contributed by atoms with Gasteiger partial charge in [0.15, 0.2) is 0 Å². The van der Waals surface area contributed by atoms with Crippen molar-refractivity contribution in [1.29, 1.82) is 0 Å². The number of carbonyl (C=O) groups is 2. The average molecular weight is 544 g/mol. The Bertz CT molecular complexity index is 1260. The number of carboxylic acid groups (broad SMARTS) is 1. The number of hydrogen-bond acceptors (Lipinski definition) is 5. The number of amides is 1. The summed E-state index contributed by atoms with van der Waals surface area (Å²) in [4.78, 5) is 23.7. The van der Waals surface area contributed by atoms with E-state index in [0.29, 0.717) is 22.1 Å². The van der Waals surface area contributed by atoms with Gasteiger partial charge < -0.3 is 24.7 Å². The molecule has 0 radical (unpaired) electrons. The molecule has 1 N–H and O–H groups in total. The van der Waals surface area contributed by atoms with Gasteiger partial charge in [0, 0.05) is 39.7 Å². The minimum Gasteiger partial charge on any atom is -0.549 e. The Morgan fingerprint density at radius 1 is 1.08 bits per heavy atom. The summed E-state index contributed by atoms with van der Waals surface area (Å²) in [5, 5.41) is 14.1. The van der Waals surface area contributed by atoms with Gasteiger partial charge in [-0.3, -0.25) is 4.79 Å². The number of hydrogen-bond donors (Lipinski definition) is 1. The molecule has 1 aliphatic heterocycles. The number of fused-ring (bicyclic) bond motifs is 1. The summed E-state index contributed by atoms with van der Waals surface area (Å²) in [6.07, 6.45) is 0.279. The Morgan fingerprint density at radius 3 is 2.39 bits per heavy atom. The molecule has 1 amide bonds. The van der Waals surface area contributed by atoms with Crippen LogP contribution in [-0.2, 0) is 10.7 Å². The minimum absolute atomic E-state index is 0. The summed E-state index contributed by atoms with van der Waals surface area (Å²) in [5.41, 5.74) is 0.305. The normalized spacial score (nSPS) is 14.6. The molecular weight excluding hydrogens is 526 g/mol. The average Bonchev–Trinajstić information content (AvgIpc) is 2.83. The Balaban J connectivity index is 0.00000361. The maximum atomic E-state index is 14.4. The molecule has 3 aromatic carbocycles. The van der Waals surface area contributed by atoms with Crippen molar-refractivity contribution in [3.8, 4) is 17.2 Å². The zero-order chi connectivity index (χ0) is 25.2. The third kappa shape index (κ3) is 6.49. The summed E-state index contributed by atoms with van der Waals surface area (Å²) in [7, 11) is 0. The molecule has 36 heavy (non-hydrogen) atoms. The van der Waals surface area contributed by atoms with E-state index in [2.05, 4.69) is 5.32 Å². The molecule has 1 heterocycles. The van der Waals surface area contributed by atoms with Crippen LogP contribution in [0.3, 0.4) is 0 Å². The van der Waals surface area contributed by atoms with Crippen molar-refractivity contribution in [3.63, 3.8) is 0 Å². The molecule has 11 heteroatoms. The van der Waals surface area contributed by atoms with Crippen LogP contribution in [0.4, 0.5) is 8.78 Å². The number of benzene rings is 3. The van der Waals surface area contributed by atoms with Crippen LogP contribution in [0.15, 0.2) is 60.7 Å². The van der Waals surface area contributed by atoms with Crippen molar-refractivity contribution < 1.29 is 62.5 Å². The van der Waals surface area contributed by atoms with E-state index in [1.165, 1.54) is 60.7 Å². The Hall–Kier alpha value is -2.36. The summed E-state index contributed by atoms with van der Waals surface area (Å²) in [6, 6.07) is 13.9. The topological polar surface area (TPSA) is 87.7 Å². The second-order valence-corrected chi connectivity index (χ2v) is 8.69. The number of carboxylic acids is 1. The van der Waals surface area contributed by atoms with E-state index >= 15 is 0 Å². The van der Waals surface area contributed by atoms with E-state index in [9.17, 15) is 23.5 Å². The second-order valence-electron chi connectivity index (χ2n) is 7.85. The fourth-order valence-corrected chi connectivity index (χ4v) is 3.94. The van der Waals surface area contributed by atoms with Crippen LogP contribution in [0.5, 0.6) is 17.2 Å². The quantitative estimate of drug-likeness (QED) is 0.460. The van der Waals surface area contributed by atoms with Crippen LogP contribution in [0, 0.1) is 0 Å². The number of rotatable bonds is 7. The maximum Gasteiger partial charge on any atom is 1.00 e. The number of alkyl halides is 2. The molecule has 182 valence electrons. The predicted octanol–water partition coefficient (Wildman–Crippen LogP) is 1.93. The number of halogens is 4. The molecule has 1 aliphatic rings. The number of ether oxygens (including phenoxy) is 2. The van der Waals surface area contributed by atoms with Gasteiger partial charge in [-0.05, 0) is 48.9 Å². The van der Waals surface area contributed by atoms with E-state index in [1.54, 1.807) is 0 Å². The van der Waals surface area contributed by atoms with E-state index in [4.69, 9.17) is 32.7 Å². The molecule has 0 bridgehead atoms. The SMILES string of the molecule is O=C(NCC(F)(F)c1ccc(Cl)cc1)c1ccc(Oc2cc3c(cc2Cl)C(C(=O)[O-])CCO3)cc1.[Na+]. The largest absolute Gasteiger partial charge is 1.00 e. The molecule has 1 atom stereocenters. The van der Waals surface area contributed by atoms with Crippen LogP contribution >= 0.6 is 23.2 Å². The third-order valence-corrected chi connectivity index (χ3v) is 6.02. The first-order valence-corrected chi connectivity index (χ1v) is 11.3. The maximum absolute atomic E-state index is 14.4. The van der Waals surface area contributed by atoms with Gasteiger partial charge in [-0.15, -0.1) is 0 Å². The van der Waals surface area contributed by atoms with Gasteiger partial charge in [-0.2, -0.15) is 8.78 Å². The molecular formula is C25H18Cl2F2NNaO5. The van der Waals surface area contributed by atoms with Crippen LogP contribution < -0.4 is 49.5 Å². The van der Waals surface area contributed by atoms with Gasteiger partial charge in [0.25, 0.3) is 11.8 Å². The third-order valence-electron chi connectivity index (χ3n) is 5.47. The Morgan fingerprint density at radius 2 is 1.75 bits per heavy atom. The molecule has 0 spiro atoms. The number of nitrogens with one attached hydrogen (secondary N) is 1. The molecule has 6 nitrogen and oxygen atoms in total. The molecule has 0 fully saturated rings. The van der Waals surface area contributed by atoms with Crippen molar-refractivity contribution in [2.45, 2.75) is 18.3 Å². The van der Waals surface area contributed by atoms with E-state index in [-0.39, 0.29) is 64.5 Å². The van der Waals surface area contributed by atoms with Gasteiger partial charge >= 0.3 is 29.6 Å². The van der Waals surface area contributed by atoms with Crippen molar-refractivity contribution in [2.24, 2.45) is 0 Å². The number of aliphatic carboxylic acids is 1. The van der Waals surface area contributed by atoms with Gasteiger partial charge in [-0.25, -0.2) is 0 Å². The van der Waals surface area contributed by atoms with Crippen molar-refractivity contribution >= 4 is 35.1 Å². The van der Waals surface area contributed by atoms with Gasteiger partial charge in [0.05, 0.1) is 18.2 Å². The molecule has 1 unspecified atom stereocenters. The smallest absolute Gasteiger partial charge is 0.549 e. The predicted molar refractivity (Wildman–Crippen MR) is 124 cm³/mol. The minimum atomic E-state index is -3.27. The Labute approximate surface area is 237 Å². The van der Waals surface area contributed by atoms with Crippen LogP contribution in [0.2, 0.25) is 10.0 Å². The first-order chi connectivity index (χ1) is 16.6. The Kier molecular flexibility index (Phi) is 9.24. The summed E-state index contributed by atoms with van der Waals surface area (Å²) in [5.74, 6) is -5.11. The molecule has 0 aromatic heterocycles. The zero-order valence-corrected chi connectivity index (χ0v) is 22.5. The van der Waals surface area contributed by atoms with Gasteiger partial charge in [-0.1, -0.05) is 35.3 Å². The summed E-state index contributed by atoms with van der Waals surface area (Å²) < 4.78 is 40.0. The van der Waals surface area contributed by atoms with E-state index in [0.717, 1.165) is 0 Å². The monoisotopic (exact) mass is 543 g/mol. The van der Waals surface area contributed by atoms with Crippen molar-refractivity contribution in [2.75, 3.05) is 13.2 Å². The molecule has 3 aromatic rings. The van der Waals surface area contributed by atoms with Crippen LogP contribution in [0.25, 0.3) is 0 Å². The van der Waals surface area contributed by atoms with Crippen LogP contribution in [-0.4, -0.2) is 25.0 Å². The molecule has 0 aliphatic carbocycles. The first kappa shape index (κ1) is 28.2. The van der Waals surface area contributed by atoms with E-state index in [1.807, 2.05) is 0 Å². The standard InChI is InChI=1S/C25H19Cl2F2NO5.Na/c26-16-5-3-15(4-6-16)25(28,29)13-30-23(31)14-1-7-17(8-2-14)35-22-12-21-19(11-20(22)27)18(24(32)33)9-10-34-21;/h1-8,11-12,18H,9-10,13H2,(H,30,31)(H,32,33);/q;+1/p-1. The summed E-state index contributed by atoms with van der Waals surface area (Å²) in [6.45, 7) is -0.670. The van der Waals surface area contributed by atoms with E-state index < -0.39 is 30.3 Å². The molecule has 4 rings (SSSR count). The fraction of sp³-hybridized carbons (Fsp3) is 0.200. The van der Waals surface area contributed by atoms with Gasteiger partial charge in [0.2, 0.25) is 0 Å². The number of carbonyl (C=O) groups excluding carboxylic acids is 2. The molecule has 0 saturated carbocycles. The first-order valence-electron chi connectivity index (χ1n) is 10.5. The fourth-order valence-electron chi connectivity index (χ4n) is 3.60. The second kappa shape index (κ2) is 11.8. The summed E-state index contributed by atoms with van der Waals surface area (Å²) >= 11 is 12.0. The molecule has 0 saturated heterocycles. The zero-order valence-electron chi connectivity index (χ0n) is 19.0. The van der Waals surface area contributed by atoms with Crippen molar-refractivity contribution in [3.05, 3.63) is 87.4 Å². The van der Waals surface area contributed by atoms with Crippen LogP contribution in [0.1, 0.15) is 33.8 Å². The van der Waals surface area contributed by atoms with Crippen molar-refractivity contribution in [1.82, 2.24) is 5.32 Å². The van der Waals surface area contributed by atoms with Gasteiger partial charge in [0.1, 0.15) is 17.2 Å².